The van der Waals surface area contributed by atoms with Crippen molar-refractivity contribution in [3.05, 3.63) is 60.8 Å². The van der Waals surface area contributed by atoms with Crippen LogP contribution in [0, 0.1) is 0 Å². The van der Waals surface area contributed by atoms with Gasteiger partial charge in [-0.3, -0.25) is 18.6 Å². The van der Waals surface area contributed by atoms with Crippen LogP contribution in [0.15, 0.2) is 60.8 Å². The van der Waals surface area contributed by atoms with E-state index in [2.05, 4.69) is 74.6 Å². The molecular formula is C57H105NO8P+. The van der Waals surface area contributed by atoms with Crippen LogP contribution < -0.4 is 0 Å². The summed E-state index contributed by atoms with van der Waals surface area (Å²) in [6.07, 6.45) is 61.5. The Morgan fingerprint density at radius 3 is 1.27 bits per heavy atom. The van der Waals surface area contributed by atoms with Crippen molar-refractivity contribution in [2.45, 2.75) is 245 Å². The van der Waals surface area contributed by atoms with Crippen molar-refractivity contribution in [1.29, 1.82) is 0 Å². The lowest BCUT2D eigenvalue weighted by atomic mass is 10.0. The van der Waals surface area contributed by atoms with Crippen LogP contribution in [0.4, 0.5) is 0 Å². The predicted octanol–water partition coefficient (Wildman–Crippen LogP) is 16.8. The van der Waals surface area contributed by atoms with Gasteiger partial charge >= 0.3 is 19.8 Å². The molecule has 0 radical (unpaired) electrons. The second-order valence-corrected chi connectivity index (χ2v) is 21.0. The molecule has 0 amide bonds. The molecule has 0 spiro atoms. The molecule has 0 aliphatic rings. The van der Waals surface area contributed by atoms with Gasteiger partial charge in [-0.2, -0.15) is 0 Å². The van der Waals surface area contributed by atoms with Crippen LogP contribution in [0.3, 0.4) is 0 Å². The highest BCUT2D eigenvalue weighted by Gasteiger charge is 2.27. The Kier molecular flexibility index (Phi) is 47.1. The number of rotatable bonds is 50. The van der Waals surface area contributed by atoms with Crippen LogP contribution >= 0.6 is 7.82 Å². The van der Waals surface area contributed by atoms with E-state index in [4.69, 9.17) is 18.5 Å². The van der Waals surface area contributed by atoms with Gasteiger partial charge in [0.05, 0.1) is 27.7 Å². The highest BCUT2D eigenvalue weighted by atomic mass is 31.2. The average molecular weight is 963 g/mol. The second-order valence-electron chi connectivity index (χ2n) is 19.6. The zero-order valence-electron chi connectivity index (χ0n) is 44.1. The third kappa shape index (κ3) is 52.9. The molecule has 2 unspecified atom stereocenters. The van der Waals surface area contributed by atoms with Crippen molar-refractivity contribution >= 4 is 19.8 Å². The molecule has 0 saturated carbocycles. The monoisotopic (exact) mass is 963 g/mol. The van der Waals surface area contributed by atoms with Crippen molar-refractivity contribution in [2.24, 2.45) is 0 Å². The Morgan fingerprint density at radius 1 is 0.478 bits per heavy atom. The van der Waals surface area contributed by atoms with E-state index in [1.165, 1.54) is 141 Å². The Bertz CT molecular complexity index is 1320. The van der Waals surface area contributed by atoms with Crippen LogP contribution in [-0.2, 0) is 32.7 Å². The van der Waals surface area contributed by atoms with Crippen molar-refractivity contribution in [2.75, 3.05) is 47.5 Å². The number of phosphoric ester groups is 1. The quantitative estimate of drug-likeness (QED) is 0.0211. The molecule has 0 fully saturated rings. The summed E-state index contributed by atoms with van der Waals surface area (Å²) in [5, 5.41) is 0. The van der Waals surface area contributed by atoms with E-state index in [0.717, 1.165) is 64.2 Å². The van der Waals surface area contributed by atoms with E-state index in [1.54, 1.807) is 0 Å². The fraction of sp³-hybridized carbons (Fsp3) is 0.789. The Labute approximate surface area is 413 Å². The van der Waals surface area contributed by atoms with E-state index in [-0.39, 0.29) is 25.6 Å². The summed E-state index contributed by atoms with van der Waals surface area (Å²) in [5.74, 6) is -0.791. The SMILES string of the molecule is CC/C=C\C/C=C\C/C=C\C/C=C\C/C=C\CCCCCCCCCCCCCCCCCC(=O)OC(COC(=O)CCCCCCCCCCCCCC)COP(=O)(O)OCC[N+](C)(C)C. The molecule has 9 nitrogen and oxygen atoms in total. The summed E-state index contributed by atoms with van der Waals surface area (Å²) in [5.41, 5.74) is 0. The average Bonchev–Trinajstić information content (AvgIpc) is 3.29. The van der Waals surface area contributed by atoms with Gasteiger partial charge in [0, 0.05) is 12.8 Å². The van der Waals surface area contributed by atoms with Gasteiger partial charge in [-0.15, -0.1) is 0 Å². The molecule has 390 valence electrons. The van der Waals surface area contributed by atoms with Gasteiger partial charge < -0.3 is 18.9 Å². The number of allylic oxidation sites excluding steroid dienone is 10. The minimum atomic E-state index is -4.38. The van der Waals surface area contributed by atoms with Gasteiger partial charge in [-0.05, 0) is 57.8 Å². The molecule has 0 aromatic carbocycles. The summed E-state index contributed by atoms with van der Waals surface area (Å²) >= 11 is 0. The molecule has 2 atom stereocenters. The number of nitrogens with zero attached hydrogens (tertiary/aromatic N) is 1. The fourth-order valence-corrected chi connectivity index (χ4v) is 8.31. The standard InChI is InChI=1S/C57H104NO8P/c1-6-8-10-12-14-16-18-20-21-22-23-24-25-26-27-28-29-30-31-32-33-34-35-36-37-38-40-42-44-46-48-50-57(60)66-55(54-65-67(61,62)64-52-51-58(3,4)5)53-63-56(59)49-47-45-43-41-39-19-17-15-13-11-9-7-2/h8,10,14,16,20-21,23-24,26-27,55H,6-7,9,11-13,15,17-19,22,25,28-54H2,1-5H3/p+1/b10-8-,16-14-,21-20-,24-23-,27-26-. The topological polar surface area (TPSA) is 108 Å². The summed E-state index contributed by atoms with van der Waals surface area (Å²) in [7, 11) is 1.48. The highest BCUT2D eigenvalue weighted by molar-refractivity contribution is 7.47. The molecule has 10 heteroatoms. The molecule has 67 heavy (non-hydrogen) atoms. The van der Waals surface area contributed by atoms with Gasteiger partial charge in [0.1, 0.15) is 19.8 Å². The molecule has 0 aliphatic carbocycles. The van der Waals surface area contributed by atoms with E-state index < -0.39 is 26.5 Å². The van der Waals surface area contributed by atoms with Gasteiger partial charge in [0.15, 0.2) is 6.10 Å². The predicted molar refractivity (Wildman–Crippen MR) is 284 cm³/mol. The van der Waals surface area contributed by atoms with E-state index in [9.17, 15) is 19.0 Å². The molecule has 0 heterocycles. The largest absolute Gasteiger partial charge is 0.472 e. The van der Waals surface area contributed by atoms with Crippen LogP contribution in [0.25, 0.3) is 0 Å². The summed E-state index contributed by atoms with van der Waals surface area (Å²) in [6, 6.07) is 0. The minimum absolute atomic E-state index is 0.0322. The number of esters is 2. The minimum Gasteiger partial charge on any atom is -0.462 e. The van der Waals surface area contributed by atoms with Gasteiger partial charge in [0.25, 0.3) is 0 Å². The maximum Gasteiger partial charge on any atom is 0.472 e. The molecule has 0 aromatic rings. The van der Waals surface area contributed by atoms with Crippen molar-refractivity contribution in [3.8, 4) is 0 Å². The maximum atomic E-state index is 12.8. The smallest absolute Gasteiger partial charge is 0.462 e. The lowest BCUT2D eigenvalue weighted by molar-refractivity contribution is -0.870. The third-order valence-corrected chi connectivity index (χ3v) is 12.8. The first-order valence-electron chi connectivity index (χ1n) is 27.5. The number of hydrogen-bond acceptors (Lipinski definition) is 7. The number of carbonyl (C=O) groups excluding carboxylic acids is 2. The third-order valence-electron chi connectivity index (χ3n) is 11.8. The highest BCUT2D eigenvalue weighted by Crippen LogP contribution is 2.43. The molecule has 0 rings (SSSR count). The fourth-order valence-electron chi connectivity index (χ4n) is 7.57. The van der Waals surface area contributed by atoms with Crippen molar-refractivity contribution < 1.29 is 42.1 Å². The van der Waals surface area contributed by atoms with Gasteiger partial charge in [-0.1, -0.05) is 229 Å². The number of ether oxygens (including phenoxy) is 2. The zero-order valence-corrected chi connectivity index (χ0v) is 45.0. The molecule has 0 aromatic heterocycles. The first kappa shape index (κ1) is 64.7. The Hall–Kier alpha value is -2.29. The molecule has 1 N–H and O–H groups in total. The first-order chi connectivity index (χ1) is 32.5. The first-order valence-corrected chi connectivity index (χ1v) is 29.0. The lowest BCUT2D eigenvalue weighted by Gasteiger charge is -2.24. The number of quaternary nitrogens is 1. The number of phosphoric acid groups is 1. The molecule has 0 aliphatic heterocycles. The molecule has 0 saturated heterocycles. The number of hydrogen-bond donors (Lipinski definition) is 1. The van der Waals surface area contributed by atoms with Crippen LogP contribution in [0.5, 0.6) is 0 Å². The molecular weight excluding hydrogens is 858 g/mol. The van der Waals surface area contributed by atoms with Crippen molar-refractivity contribution in [1.82, 2.24) is 0 Å². The lowest BCUT2D eigenvalue weighted by Crippen LogP contribution is -2.37. The van der Waals surface area contributed by atoms with Gasteiger partial charge in [0.2, 0.25) is 0 Å². The number of carbonyl (C=O) groups is 2. The van der Waals surface area contributed by atoms with Gasteiger partial charge in [-0.25, -0.2) is 4.57 Å². The van der Waals surface area contributed by atoms with Crippen LogP contribution in [0.2, 0.25) is 0 Å². The second kappa shape index (κ2) is 48.7. The van der Waals surface area contributed by atoms with Crippen LogP contribution in [-0.4, -0.2) is 74.9 Å². The normalized spacial score (nSPS) is 13.8. The summed E-state index contributed by atoms with van der Waals surface area (Å²) in [6.45, 7) is 4.33. The Morgan fingerprint density at radius 2 is 0.851 bits per heavy atom. The number of likely N-dealkylation sites (N-methyl/N-ethyl adjacent to an activating group) is 1. The zero-order chi connectivity index (χ0) is 49.2. The maximum absolute atomic E-state index is 12.8. The van der Waals surface area contributed by atoms with E-state index in [1.807, 2.05) is 21.1 Å². The van der Waals surface area contributed by atoms with Crippen LogP contribution in [0.1, 0.15) is 239 Å². The molecule has 0 bridgehead atoms. The summed E-state index contributed by atoms with van der Waals surface area (Å²) < 4.78 is 34.5. The Balaban J connectivity index is 4.06. The summed E-state index contributed by atoms with van der Waals surface area (Å²) in [4.78, 5) is 35.5. The van der Waals surface area contributed by atoms with E-state index >= 15 is 0 Å². The number of unbranched alkanes of at least 4 members (excludes halogenated alkanes) is 26. The van der Waals surface area contributed by atoms with Crippen molar-refractivity contribution in [3.63, 3.8) is 0 Å². The van der Waals surface area contributed by atoms with E-state index in [0.29, 0.717) is 23.9 Å².